The van der Waals surface area contributed by atoms with Gasteiger partial charge in [-0.3, -0.25) is 9.69 Å². The summed E-state index contributed by atoms with van der Waals surface area (Å²) in [6.45, 7) is 2.54. The molecule has 144 valence electrons. The number of amides is 1. The highest BCUT2D eigenvalue weighted by Crippen LogP contribution is 2.26. The highest BCUT2D eigenvalue weighted by atomic mass is 35.5. The van der Waals surface area contributed by atoms with Crippen LogP contribution in [0.2, 0.25) is 5.02 Å². The van der Waals surface area contributed by atoms with E-state index in [4.69, 9.17) is 16.3 Å². The highest BCUT2D eigenvalue weighted by Gasteiger charge is 2.25. The number of aromatic nitrogens is 2. The summed E-state index contributed by atoms with van der Waals surface area (Å²) in [5.41, 5.74) is 1.36. The number of ether oxygens (including phenoxy) is 1. The fourth-order valence-electron chi connectivity index (χ4n) is 3.22. The van der Waals surface area contributed by atoms with Gasteiger partial charge in [-0.25, -0.2) is 9.97 Å². The second-order valence-electron chi connectivity index (χ2n) is 6.30. The van der Waals surface area contributed by atoms with Gasteiger partial charge in [-0.2, -0.15) is 0 Å². The maximum absolute atomic E-state index is 12.7. The van der Waals surface area contributed by atoms with Crippen LogP contribution in [0.25, 0.3) is 0 Å². The van der Waals surface area contributed by atoms with E-state index in [0.717, 1.165) is 24.4 Å². The number of nitrogens with one attached hydrogen (secondary N) is 1. The Balaban J connectivity index is 1.75. The normalized spacial score (nSPS) is 15.5. The van der Waals surface area contributed by atoms with Gasteiger partial charge in [0.2, 0.25) is 0 Å². The Kier molecular flexibility index (Phi) is 6.93. The van der Waals surface area contributed by atoms with E-state index < -0.39 is 0 Å². The molecule has 1 aliphatic heterocycles. The molecule has 1 atom stereocenters. The van der Waals surface area contributed by atoms with E-state index in [2.05, 4.69) is 32.3 Å². The molecule has 6 nitrogen and oxygen atoms in total. The Morgan fingerprint density at radius 1 is 1.33 bits per heavy atom. The number of benzene rings is 1. The molecule has 0 spiro atoms. The predicted molar refractivity (Wildman–Crippen MR) is 108 cm³/mol. The van der Waals surface area contributed by atoms with Crippen LogP contribution in [0.4, 0.5) is 0 Å². The topological polar surface area (TPSA) is 67.3 Å². The van der Waals surface area contributed by atoms with Crippen molar-refractivity contribution in [1.82, 2.24) is 20.2 Å². The minimum atomic E-state index is -0.282. The van der Waals surface area contributed by atoms with Crippen LogP contribution >= 0.6 is 23.4 Å². The molecule has 8 heteroatoms. The van der Waals surface area contributed by atoms with E-state index in [1.54, 1.807) is 7.11 Å². The molecule has 27 heavy (non-hydrogen) atoms. The van der Waals surface area contributed by atoms with Gasteiger partial charge in [0.1, 0.15) is 5.75 Å². The number of carbonyl (C=O) groups excluding carboxylic acids is 1. The summed E-state index contributed by atoms with van der Waals surface area (Å²) in [7, 11) is 1.65. The number of hydrogen-bond acceptors (Lipinski definition) is 6. The molecule has 0 saturated carbocycles. The molecule has 1 aliphatic rings. The molecule has 1 N–H and O–H groups in total. The van der Waals surface area contributed by atoms with Crippen LogP contribution in [-0.4, -0.2) is 53.8 Å². The van der Waals surface area contributed by atoms with Crippen molar-refractivity contribution >= 4 is 29.3 Å². The maximum atomic E-state index is 12.7. The van der Waals surface area contributed by atoms with E-state index >= 15 is 0 Å². The first-order valence-electron chi connectivity index (χ1n) is 8.85. The van der Waals surface area contributed by atoms with Crippen LogP contribution < -0.4 is 10.1 Å². The summed E-state index contributed by atoms with van der Waals surface area (Å²) < 4.78 is 5.25. The maximum Gasteiger partial charge on any atom is 0.271 e. The minimum absolute atomic E-state index is 0.1000. The zero-order valence-electron chi connectivity index (χ0n) is 15.4. The Bertz CT molecular complexity index is 782. The third kappa shape index (κ3) is 4.91. The van der Waals surface area contributed by atoms with E-state index in [1.165, 1.54) is 30.8 Å². The van der Waals surface area contributed by atoms with E-state index in [1.807, 2.05) is 18.4 Å². The summed E-state index contributed by atoms with van der Waals surface area (Å²) in [5.74, 6) is 0.538. The van der Waals surface area contributed by atoms with Crippen molar-refractivity contribution in [2.45, 2.75) is 24.0 Å². The molecule has 3 rings (SSSR count). The van der Waals surface area contributed by atoms with Crippen LogP contribution in [0.3, 0.4) is 0 Å². The fraction of sp³-hybridized carbons (Fsp3) is 0.421. The molecule has 1 aromatic heterocycles. The lowest BCUT2D eigenvalue weighted by molar-refractivity contribution is 0.0932. The van der Waals surface area contributed by atoms with Gasteiger partial charge in [0.15, 0.2) is 10.9 Å². The number of halogens is 1. The molecule has 2 aromatic rings. The smallest absolute Gasteiger partial charge is 0.271 e. The first-order valence-corrected chi connectivity index (χ1v) is 10.5. The molecule has 0 radical (unpaired) electrons. The number of hydrogen-bond donors (Lipinski definition) is 1. The van der Waals surface area contributed by atoms with Crippen LogP contribution in [-0.2, 0) is 0 Å². The number of rotatable bonds is 7. The van der Waals surface area contributed by atoms with E-state index in [9.17, 15) is 4.79 Å². The third-order valence-corrected chi connectivity index (χ3v) is 5.50. The van der Waals surface area contributed by atoms with Gasteiger partial charge < -0.3 is 10.1 Å². The Labute approximate surface area is 168 Å². The fourth-order valence-corrected chi connectivity index (χ4v) is 3.74. The zero-order valence-corrected chi connectivity index (χ0v) is 17.0. The second-order valence-corrected chi connectivity index (χ2v) is 7.48. The van der Waals surface area contributed by atoms with Crippen LogP contribution in [0, 0.1) is 0 Å². The average Bonchev–Trinajstić information content (AvgIpc) is 3.23. The Hall–Kier alpha value is -1.83. The largest absolute Gasteiger partial charge is 0.497 e. The molecule has 2 heterocycles. The molecule has 1 aromatic carbocycles. The first-order chi connectivity index (χ1) is 13.1. The molecule has 0 bridgehead atoms. The Morgan fingerprint density at radius 2 is 2.04 bits per heavy atom. The van der Waals surface area contributed by atoms with Crippen LogP contribution in [0.15, 0.2) is 35.6 Å². The lowest BCUT2D eigenvalue weighted by Crippen LogP contribution is -2.37. The van der Waals surface area contributed by atoms with Crippen molar-refractivity contribution in [3.05, 3.63) is 46.7 Å². The lowest BCUT2D eigenvalue weighted by Gasteiger charge is -2.28. The number of methoxy groups -OCH3 is 1. The van der Waals surface area contributed by atoms with Crippen LogP contribution in [0.1, 0.15) is 34.9 Å². The minimum Gasteiger partial charge on any atom is -0.497 e. The third-order valence-electron chi connectivity index (χ3n) is 4.66. The predicted octanol–water partition coefficient (Wildman–Crippen LogP) is 3.43. The molecular weight excluding hydrogens is 384 g/mol. The Morgan fingerprint density at radius 3 is 2.67 bits per heavy atom. The number of likely N-dealkylation sites (tertiary alicyclic amines) is 1. The van der Waals surface area contributed by atoms with E-state index in [-0.39, 0.29) is 22.7 Å². The van der Waals surface area contributed by atoms with Gasteiger partial charge in [0.25, 0.3) is 5.91 Å². The van der Waals surface area contributed by atoms with Gasteiger partial charge in [-0.1, -0.05) is 35.5 Å². The number of carbonyl (C=O) groups is 1. The van der Waals surface area contributed by atoms with Gasteiger partial charge in [0.05, 0.1) is 24.4 Å². The summed E-state index contributed by atoms with van der Waals surface area (Å²) >= 11 is 7.49. The standard InChI is InChI=1S/C19H23ClN4O2S/c1-26-14-7-5-13(6-8-14)16(24-9-3-4-10-24)12-21-18(25)17-15(20)11-22-19(23-17)27-2/h5-8,11,16H,3-4,9-10,12H2,1-2H3,(H,21,25)/t16-/m1/s1. The van der Waals surface area contributed by atoms with Gasteiger partial charge >= 0.3 is 0 Å². The van der Waals surface area contributed by atoms with Gasteiger partial charge in [0, 0.05) is 6.54 Å². The summed E-state index contributed by atoms with van der Waals surface area (Å²) in [6.07, 6.45) is 5.68. The quantitative estimate of drug-likeness (QED) is 0.561. The SMILES string of the molecule is COc1ccc([C@@H](CNC(=O)c2nc(SC)ncc2Cl)N2CCCC2)cc1. The molecule has 0 aliphatic carbocycles. The van der Waals surface area contributed by atoms with Gasteiger partial charge in [-0.05, 0) is 49.9 Å². The van der Waals surface area contributed by atoms with Crippen LogP contribution in [0.5, 0.6) is 5.75 Å². The highest BCUT2D eigenvalue weighted by molar-refractivity contribution is 7.98. The van der Waals surface area contributed by atoms with Crippen molar-refractivity contribution in [3.63, 3.8) is 0 Å². The van der Waals surface area contributed by atoms with Crippen molar-refractivity contribution in [1.29, 1.82) is 0 Å². The van der Waals surface area contributed by atoms with Crippen molar-refractivity contribution in [3.8, 4) is 5.75 Å². The molecule has 1 fully saturated rings. The summed E-state index contributed by atoms with van der Waals surface area (Å²) in [5, 5.41) is 3.78. The van der Waals surface area contributed by atoms with E-state index in [0.29, 0.717) is 11.7 Å². The first kappa shape index (κ1) is 19.9. The van der Waals surface area contributed by atoms with Crippen molar-refractivity contribution in [2.24, 2.45) is 0 Å². The molecule has 0 unspecified atom stereocenters. The molecular formula is C19H23ClN4O2S. The van der Waals surface area contributed by atoms with Gasteiger partial charge in [-0.15, -0.1) is 0 Å². The monoisotopic (exact) mass is 406 g/mol. The number of thioether (sulfide) groups is 1. The molecule has 1 amide bonds. The summed E-state index contributed by atoms with van der Waals surface area (Å²) in [6, 6.07) is 8.11. The average molecular weight is 407 g/mol. The van der Waals surface area contributed by atoms with Crippen molar-refractivity contribution in [2.75, 3.05) is 33.0 Å². The number of nitrogens with zero attached hydrogens (tertiary/aromatic N) is 3. The van der Waals surface area contributed by atoms with Crippen molar-refractivity contribution < 1.29 is 9.53 Å². The second kappa shape index (κ2) is 9.39. The molecule has 1 saturated heterocycles. The lowest BCUT2D eigenvalue weighted by atomic mass is 10.1. The summed E-state index contributed by atoms with van der Waals surface area (Å²) in [4.78, 5) is 23.4. The zero-order chi connectivity index (χ0) is 19.2.